The van der Waals surface area contributed by atoms with Crippen molar-refractivity contribution in [1.82, 2.24) is 9.47 Å². The van der Waals surface area contributed by atoms with Gasteiger partial charge in [0.1, 0.15) is 0 Å². The number of likely N-dealkylation sites (N-methyl/N-ethyl adjacent to an activating group) is 1. The molecule has 1 aromatic carbocycles. The normalized spacial score (nSPS) is 10.7. The molecule has 0 saturated carbocycles. The largest absolute Gasteiger partial charge is 0.349 e. The van der Waals surface area contributed by atoms with E-state index in [-0.39, 0.29) is 18.1 Å². The second-order valence-corrected chi connectivity index (χ2v) is 4.92. The number of hydrogen-bond acceptors (Lipinski definition) is 2. The van der Waals surface area contributed by atoms with Crippen molar-refractivity contribution in [2.75, 3.05) is 14.1 Å². The molecule has 0 bridgehead atoms. The van der Waals surface area contributed by atoms with Crippen LogP contribution in [0.25, 0.3) is 10.9 Å². The van der Waals surface area contributed by atoms with Crippen molar-refractivity contribution >= 4 is 22.6 Å². The molecule has 0 unspecified atom stereocenters. The molecule has 100 valence electrons. The SMILES string of the molecule is CC(=O)c1c(CC(=O)N(C)C)c2ccccc2n1C. The summed E-state index contributed by atoms with van der Waals surface area (Å²) in [6.07, 6.45) is 0.253. The van der Waals surface area contributed by atoms with Crippen molar-refractivity contribution in [2.45, 2.75) is 13.3 Å². The van der Waals surface area contributed by atoms with Gasteiger partial charge in [-0.05, 0) is 11.6 Å². The van der Waals surface area contributed by atoms with Crippen LogP contribution in [0.15, 0.2) is 24.3 Å². The lowest BCUT2D eigenvalue weighted by atomic mass is 10.1. The highest BCUT2D eigenvalue weighted by Crippen LogP contribution is 2.26. The minimum Gasteiger partial charge on any atom is -0.349 e. The number of aromatic nitrogens is 1. The zero-order valence-electron chi connectivity index (χ0n) is 11.7. The van der Waals surface area contributed by atoms with Gasteiger partial charge in [-0.2, -0.15) is 0 Å². The molecule has 0 N–H and O–H groups in total. The molecule has 0 atom stereocenters. The number of benzene rings is 1. The van der Waals surface area contributed by atoms with Crippen LogP contribution >= 0.6 is 0 Å². The number of para-hydroxylation sites is 1. The summed E-state index contributed by atoms with van der Waals surface area (Å²) in [6.45, 7) is 1.54. The monoisotopic (exact) mass is 258 g/mol. The van der Waals surface area contributed by atoms with Gasteiger partial charge in [0, 0.05) is 39.0 Å². The molecule has 0 aliphatic carbocycles. The Morgan fingerprint density at radius 2 is 1.84 bits per heavy atom. The first-order valence-electron chi connectivity index (χ1n) is 6.21. The van der Waals surface area contributed by atoms with Gasteiger partial charge in [-0.3, -0.25) is 9.59 Å². The van der Waals surface area contributed by atoms with Crippen molar-refractivity contribution in [3.05, 3.63) is 35.5 Å². The molecule has 4 nitrogen and oxygen atoms in total. The van der Waals surface area contributed by atoms with Gasteiger partial charge in [-0.15, -0.1) is 0 Å². The number of nitrogens with zero attached hydrogens (tertiary/aromatic N) is 2. The van der Waals surface area contributed by atoms with Crippen molar-refractivity contribution in [2.24, 2.45) is 7.05 Å². The summed E-state index contributed by atoms with van der Waals surface area (Å²) >= 11 is 0. The maximum absolute atomic E-state index is 11.9. The molecular formula is C15H18N2O2. The zero-order chi connectivity index (χ0) is 14.2. The molecule has 0 fully saturated rings. The maximum atomic E-state index is 11.9. The Morgan fingerprint density at radius 1 is 1.21 bits per heavy atom. The van der Waals surface area contributed by atoms with E-state index in [9.17, 15) is 9.59 Å². The molecule has 19 heavy (non-hydrogen) atoms. The van der Waals surface area contributed by atoms with Crippen LogP contribution in [0.3, 0.4) is 0 Å². The number of amides is 1. The Hall–Kier alpha value is -2.10. The molecule has 1 aromatic heterocycles. The maximum Gasteiger partial charge on any atom is 0.226 e. The van der Waals surface area contributed by atoms with Gasteiger partial charge in [0.05, 0.1) is 12.1 Å². The van der Waals surface area contributed by atoms with Crippen molar-refractivity contribution < 1.29 is 9.59 Å². The highest BCUT2D eigenvalue weighted by atomic mass is 16.2. The lowest BCUT2D eigenvalue weighted by Gasteiger charge is -2.10. The van der Waals surface area contributed by atoms with Crippen LogP contribution in [0.1, 0.15) is 23.0 Å². The van der Waals surface area contributed by atoms with Gasteiger partial charge in [-0.25, -0.2) is 0 Å². The van der Waals surface area contributed by atoms with Crippen LogP contribution in [-0.2, 0) is 18.3 Å². The fraction of sp³-hybridized carbons (Fsp3) is 0.333. The van der Waals surface area contributed by atoms with Gasteiger partial charge >= 0.3 is 0 Å². The van der Waals surface area contributed by atoms with Crippen molar-refractivity contribution in [3.8, 4) is 0 Å². The number of carbonyl (C=O) groups excluding carboxylic acids is 2. The number of ketones is 1. The summed E-state index contributed by atoms with van der Waals surface area (Å²) in [5.74, 6) is -0.0147. The first-order valence-corrected chi connectivity index (χ1v) is 6.21. The number of hydrogen-bond donors (Lipinski definition) is 0. The van der Waals surface area contributed by atoms with E-state index in [0.717, 1.165) is 16.5 Å². The van der Waals surface area contributed by atoms with E-state index in [1.165, 1.54) is 6.92 Å². The number of fused-ring (bicyclic) bond motifs is 1. The summed E-state index contributed by atoms with van der Waals surface area (Å²) in [6, 6.07) is 7.78. The molecule has 0 saturated heterocycles. The van der Waals surface area contributed by atoms with Crippen LogP contribution in [-0.4, -0.2) is 35.3 Å². The molecule has 2 aromatic rings. The molecular weight excluding hydrogens is 240 g/mol. The van der Waals surface area contributed by atoms with E-state index in [4.69, 9.17) is 0 Å². The first-order chi connectivity index (χ1) is 8.93. The van der Waals surface area contributed by atoms with E-state index in [1.54, 1.807) is 19.0 Å². The summed E-state index contributed by atoms with van der Waals surface area (Å²) in [5.41, 5.74) is 2.43. The molecule has 0 aliphatic heterocycles. The minimum absolute atomic E-state index is 0.00106. The lowest BCUT2D eigenvalue weighted by molar-refractivity contribution is -0.127. The number of aryl methyl sites for hydroxylation is 1. The third-order valence-electron chi connectivity index (χ3n) is 3.37. The molecule has 0 radical (unpaired) electrons. The predicted molar refractivity (Wildman–Crippen MR) is 75.3 cm³/mol. The fourth-order valence-electron chi connectivity index (χ4n) is 2.41. The van der Waals surface area contributed by atoms with Crippen molar-refractivity contribution in [1.29, 1.82) is 0 Å². The van der Waals surface area contributed by atoms with Crippen molar-refractivity contribution in [3.63, 3.8) is 0 Å². The van der Waals surface area contributed by atoms with Crippen LogP contribution in [0, 0.1) is 0 Å². The average Bonchev–Trinajstić information content (AvgIpc) is 2.63. The Kier molecular flexibility index (Phi) is 3.42. The number of rotatable bonds is 3. The first kappa shape index (κ1) is 13.3. The van der Waals surface area contributed by atoms with Crippen LogP contribution in [0.4, 0.5) is 0 Å². The van der Waals surface area contributed by atoms with Crippen LogP contribution < -0.4 is 0 Å². The van der Waals surface area contributed by atoms with Crippen LogP contribution in [0.2, 0.25) is 0 Å². The van der Waals surface area contributed by atoms with Gasteiger partial charge in [0.25, 0.3) is 0 Å². The van der Waals surface area contributed by atoms with E-state index in [2.05, 4.69) is 0 Å². The minimum atomic E-state index is -0.0137. The standard InChI is InChI=1S/C15H18N2O2/c1-10(18)15-12(9-14(19)16(2)3)11-7-5-6-8-13(11)17(15)4/h5-8H,9H2,1-4H3. The second kappa shape index (κ2) is 4.88. The van der Waals surface area contributed by atoms with E-state index < -0.39 is 0 Å². The van der Waals surface area contributed by atoms with E-state index >= 15 is 0 Å². The second-order valence-electron chi connectivity index (χ2n) is 4.92. The summed E-state index contributed by atoms with van der Waals surface area (Å²) in [4.78, 5) is 25.4. The quantitative estimate of drug-likeness (QED) is 0.790. The summed E-state index contributed by atoms with van der Waals surface area (Å²) in [7, 11) is 5.31. The predicted octanol–water partition coefficient (Wildman–Crippen LogP) is 2.01. The molecule has 1 heterocycles. The third kappa shape index (κ3) is 2.26. The Labute approximate surface area is 112 Å². The van der Waals surface area contributed by atoms with Gasteiger partial charge < -0.3 is 9.47 Å². The van der Waals surface area contributed by atoms with Gasteiger partial charge in [0.2, 0.25) is 5.91 Å². The van der Waals surface area contributed by atoms with E-state index in [1.807, 2.05) is 35.9 Å². The molecule has 1 amide bonds. The Morgan fingerprint density at radius 3 is 2.42 bits per heavy atom. The molecule has 2 rings (SSSR count). The number of Topliss-reactive ketones (excluding diaryl/α,β-unsaturated/α-hetero) is 1. The average molecular weight is 258 g/mol. The Balaban J connectivity index is 2.66. The zero-order valence-corrected chi connectivity index (χ0v) is 11.7. The van der Waals surface area contributed by atoms with Gasteiger partial charge in [0.15, 0.2) is 5.78 Å². The van der Waals surface area contributed by atoms with E-state index in [0.29, 0.717) is 5.69 Å². The lowest BCUT2D eigenvalue weighted by Crippen LogP contribution is -2.24. The molecule has 4 heteroatoms. The summed E-state index contributed by atoms with van der Waals surface area (Å²) < 4.78 is 1.87. The highest BCUT2D eigenvalue weighted by Gasteiger charge is 2.20. The topological polar surface area (TPSA) is 42.3 Å². The number of carbonyl (C=O) groups is 2. The molecule has 0 spiro atoms. The van der Waals surface area contributed by atoms with Crippen LogP contribution in [0.5, 0.6) is 0 Å². The smallest absolute Gasteiger partial charge is 0.226 e. The fourth-order valence-corrected chi connectivity index (χ4v) is 2.41. The summed E-state index contributed by atoms with van der Waals surface area (Å²) in [5, 5.41) is 0.977. The van der Waals surface area contributed by atoms with Gasteiger partial charge in [-0.1, -0.05) is 18.2 Å². The Bertz CT molecular complexity index is 653. The molecule has 0 aliphatic rings. The highest BCUT2D eigenvalue weighted by molar-refractivity contribution is 6.03. The third-order valence-corrected chi connectivity index (χ3v) is 3.37.